The lowest BCUT2D eigenvalue weighted by Crippen LogP contribution is -2.32. The van der Waals surface area contributed by atoms with Crippen molar-refractivity contribution in [3.63, 3.8) is 0 Å². The Morgan fingerprint density at radius 3 is 2.80 bits per heavy atom. The van der Waals surface area contributed by atoms with Crippen LogP contribution in [0.2, 0.25) is 0 Å². The van der Waals surface area contributed by atoms with Crippen LogP contribution in [-0.4, -0.2) is 27.2 Å². The molecule has 0 aromatic carbocycles. The standard InChI is InChI=1S/C13H16N4O3/c1-8-6-11(16-20-8)12(18)14-4-5-17-7-15-10(3)9(2)13(17)19/h6-7H,4-5H2,1-3H3,(H,14,18). The van der Waals surface area contributed by atoms with E-state index in [9.17, 15) is 9.59 Å². The van der Waals surface area contributed by atoms with E-state index in [1.807, 2.05) is 0 Å². The minimum absolute atomic E-state index is 0.0935. The van der Waals surface area contributed by atoms with E-state index in [1.54, 1.807) is 26.8 Å². The molecule has 0 aliphatic rings. The van der Waals surface area contributed by atoms with Crippen LogP contribution in [0.5, 0.6) is 0 Å². The fourth-order valence-electron chi connectivity index (χ4n) is 1.69. The number of nitrogens with one attached hydrogen (secondary N) is 1. The van der Waals surface area contributed by atoms with Crippen molar-refractivity contribution in [3.8, 4) is 0 Å². The van der Waals surface area contributed by atoms with Gasteiger partial charge in [-0.2, -0.15) is 0 Å². The molecule has 0 aliphatic carbocycles. The van der Waals surface area contributed by atoms with E-state index < -0.39 is 0 Å². The van der Waals surface area contributed by atoms with E-state index in [1.165, 1.54) is 10.9 Å². The number of hydrogen-bond acceptors (Lipinski definition) is 5. The molecule has 2 rings (SSSR count). The van der Waals surface area contributed by atoms with Gasteiger partial charge >= 0.3 is 0 Å². The summed E-state index contributed by atoms with van der Waals surface area (Å²) in [5, 5.41) is 6.29. The van der Waals surface area contributed by atoms with Crippen LogP contribution in [0.25, 0.3) is 0 Å². The summed E-state index contributed by atoms with van der Waals surface area (Å²) in [5.74, 6) is 0.247. The molecule has 7 nitrogen and oxygen atoms in total. The molecule has 2 aromatic heterocycles. The molecule has 0 spiro atoms. The first-order chi connectivity index (χ1) is 9.49. The minimum atomic E-state index is -0.327. The molecule has 0 aliphatic heterocycles. The predicted molar refractivity (Wildman–Crippen MR) is 71.5 cm³/mol. The predicted octanol–water partition coefficient (Wildman–Crippen LogP) is 0.587. The van der Waals surface area contributed by atoms with E-state index in [-0.39, 0.29) is 17.2 Å². The van der Waals surface area contributed by atoms with Gasteiger partial charge in [-0.05, 0) is 20.8 Å². The lowest BCUT2D eigenvalue weighted by Gasteiger charge is -2.08. The van der Waals surface area contributed by atoms with Crippen molar-refractivity contribution in [1.82, 2.24) is 20.0 Å². The summed E-state index contributed by atoms with van der Waals surface area (Å²) >= 11 is 0. The van der Waals surface area contributed by atoms with Crippen LogP contribution < -0.4 is 10.9 Å². The van der Waals surface area contributed by atoms with Gasteiger partial charge in [0.25, 0.3) is 11.5 Å². The topological polar surface area (TPSA) is 90.0 Å². The molecule has 0 saturated carbocycles. The zero-order valence-electron chi connectivity index (χ0n) is 11.6. The highest BCUT2D eigenvalue weighted by molar-refractivity contribution is 5.92. The van der Waals surface area contributed by atoms with Crippen LogP contribution in [0.15, 0.2) is 21.7 Å². The monoisotopic (exact) mass is 276 g/mol. The summed E-state index contributed by atoms with van der Waals surface area (Å²) < 4.78 is 6.29. The van der Waals surface area contributed by atoms with E-state index in [0.717, 1.165) is 0 Å². The van der Waals surface area contributed by atoms with Gasteiger partial charge in [-0.3, -0.25) is 14.2 Å². The first kappa shape index (κ1) is 14.0. The molecule has 0 fully saturated rings. The highest BCUT2D eigenvalue weighted by Crippen LogP contribution is 2.00. The van der Waals surface area contributed by atoms with Crippen molar-refractivity contribution in [3.05, 3.63) is 45.5 Å². The molecule has 0 atom stereocenters. The fraction of sp³-hybridized carbons (Fsp3) is 0.385. The van der Waals surface area contributed by atoms with Crippen LogP contribution in [0, 0.1) is 20.8 Å². The molecule has 0 unspecified atom stereocenters. The molecule has 0 radical (unpaired) electrons. The van der Waals surface area contributed by atoms with Gasteiger partial charge < -0.3 is 9.84 Å². The zero-order chi connectivity index (χ0) is 14.7. The Morgan fingerprint density at radius 2 is 2.15 bits per heavy atom. The normalized spacial score (nSPS) is 10.6. The second-order valence-corrected chi connectivity index (χ2v) is 4.53. The Bertz CT molecular complexity index is 687. The molecule has 106 valence electrons. The second kappa shape index (κ2) is 5.68. The number of carbonyl (C=O) groups excluding carboxylic acids is 1. The van der Waals surface area contributed by atoms with E-state index in [0.29, 0.717) is 30.1 Å². The Balaban J connectivity index is 1.95. The average molecular weight is 276 g/mol. The van der Waals surface area contributed by atoms with Crippen molar-refractivity contribution >= 4 is 5.91 Å². The molecule has 2 heterocycles. The number of hydrogen-bond donors (Lipinski definition) is 1. The number of aryl methyl sites for hydroxylation is 2. The van der Waals surface area contributed by atoms with Crippen molar-refractivity contribution in [1.29, 1.82) is 0 Å². The van der Waals surface area contributed by atoms with Crippen molar-refractivity contribution in [2.24, 2.45) is 0 Å². The van der Waals surface area contributed by atoms with E-state index in [2.05, 4.69) is 15.5 Å². The third-order valence-electron chi connectivity index (χ3n) is 3.01. The van der Waals surface area contributed by atoms with Crippen molar-refractivity contribution in [2.75, 3.05) is 6.54 Å². The average Bonchev–Trinajstić information content (AvgIpc) is 2.85. The summed E-state index contributed by atoms with van der Waals surface area (Å²) in [4.78, 5) is 27.8. The van der Waals surface area contributed by atoms with Crippen molar-refractivity contribution in [2.45, 2.75) is 27.3 Å². The van der Waals surface area contributed by atoms with Crippen LogP contribution in [0.3, 0.4) is 0 Å². The zero-order valence-corrected chi connectivity index (χ0v) is 11.6. The molecule has 1 amide bonds. The van der Waals surface area contributed by atoms with Crippen LogP contribution in [0.4, 0.5) is 0 Å². The lowest BCUT2D eigenvalue weighted by atomic mass is 10.3. The van der Waals surface area contributed by atoms with Gasteiger partial charge in [-0.1, -0.05) is 5.16 Å². The summed E-state index contributed by atoms with van der Waals surface area (Å²) in [6, 6.07) is 1.55. The largest absolute Gasteiger partial charge is 0.361 e. The third-order valence-corrected chi connectivity index (χ3v) is 3.01. The second-order valence-electron chi connectivity index (χ2n) is 4.53. The van der Waals surface area contributed by atoms with Gasteiger partial charge in [0.05, 0.1) is 6.33 Å². The van der Waals surface area contributed by atoms with Gasteiger partial charge in [-0.25, -0.2) is 4.98 Å². The molecule has 0 bridgehead atoms. The van der Waals surface area contributed by atoms with Gasteiger partial charge in [-0.15, -0.1) is 0 Å². The van der Waals surface area contributed by atoms with Gasteiger partial charge in [0.2, 0.25) is 0 Å². The molecule has 0 saturated heterocycles. The molecular weight excluding hydrogens is 260 g/mol. The molecule has 2 aromatic rings. The van der Waals surface area contributed by atoms with Crippen LogP contribution in [-0.2, 0) is 6.54 Å². The van der Waals surface area contributed by atoms with Gasteiger partial charge in [0, 0.05) is 30.4 Å². The van der Waals surface area contributed by atoms with Crippen molar-refractivity contribution < 1.29 is 9.32 Å². The fourth-order valence-corrected chi connectivity index (χ4v) is 1.69. The summed E-state index contributed by atoms with van der Waals surface area (Å²) in [6.45, 7) is 5.90. The Labute approximate surface area is 115 Å². The third kappa shape index (κ3) is 2.93. The SMILES string of the molecule is Cc1cc(C(=O)NCCn2cnc(C)c(C)c2=O)no1. The quantitative estimate of drug-likeness (QED) is 0.882. The van der Waals surface area contributed by atoms with E-state index >= 15 is 0 Å². The maximum Gasteiger partial charge on any atom is 0.273 e. The highest BCUT2D eigenvalue weighted by Gasteiger charge is 2.10. The van der Waals surface area contributed by atoms with Crippen LogP contribution in [0.1, 0.15) is 27.5 Å². The molecule has 1 N–H and O–H groups in total. The minimum Gasteiger partial charge on any atom is -0.361 e. The maximum atomic E-state index is 11.9. The highest BCUT2D eigenvalue weighted by atomic mass is 16.5. The Hall–Kier alpha value is -2.44. The first-order valence-electron chi connectivity index (χ1n) is 6.23. The maximum absolute atomic E-state index is 11.9. The first-order valence-corrected chi connectivity index (χ1v) is 6.23. The summed E-state index contributed by atoms with van der Waals surface area (Å²) in [7, 11) is 0. The molecule has 20 heavy (non-hydrogen) atoms. The Kier molecular flexibility index (Phi) is 3.97. The van der Waals surface area contributed by atoms with Gasteiger partial charge in [0.15, 0.2) is 5.69 Å². The molecular formula is C13H16N4O3. The smallest absolute Gasteiger partial charge is 0.273 e. The van der Waals surface area contributed by atoms with Crippen LogP contribution >= 0.6 is 0 Å². The number of nitrogens with zero attached hydrogens (tertiary/aromatic N) is 3. The summed E-state index contributed by atoms with van der Waals surface area (Å²) in [5.41, 5.74) is 1.47. The number of carbonyl (C=O) groups is 1. The van der Waals surface area contributed by atoms with E-state index in [4.69, 9.17) is 4.52 Å². The Morgan fingerprint density at radius 1 is 1.40 bits per heavy atom. The molecule has 7 heteroatoms. The number of rotatable bonds is 4. The lowest BCUT2D eigenvalue weighted by molar-refractivity contribution is 0.0943. The number of amides is 1. The van der Waals surface area contributed by atoms with Gasteiger partial charge in [0.1, 0.15) is 5.76 Å². The number of aromatic nitrogens is 3. The summed E-state index contributed by atoms with van der Waals surface area (Å²) in [6.07, 6.45) is 1.48.